The normalized spacial score (nSPS) is 17.4. The van der Waals surface area contributed by atoms with Gasteiger partial charge >= 0.3 is 0 Å². The highest BCUT2D eigenvalue weighted by molar-refractivity contribution is 6.30. The Morgan fingerprint density at radius 1 is 1.36 bits per heavy atom. The lowest BCUT2D eigenvalue weighted by Gasteiger charge is -2.30. The van der Waals surface area contributed by atoms with Gasteiger partial charge in [-0.1, -0.05) is 30.7 Å². The van der Waals surface area contributed by atoms with Crippen LogP contribution in [0.2, 0.25) is 5.02 Å². The van der Waals surface area contributed by atoms with E-state index in [2.05, 4.69) is 23.3 Å². The summed E-state index contributed by atoms with van der Waals surface area (Å²) in [4.78, 5) is 18.8. The number of piperidine rings is 1. The highest BCUT2D eigenvalue weighted by Gasteiger charge is 2.22. The molecule has 0 radical (unpaired) electrons. The average molecular weight is 358 g/mol. The summed E-state index contributed by atoms with van der Waals surface area (Å²) in [7, 11) is 0. The van der Waals surface area contributed by atoms with Crippen LogP contribution in [0.5, 0.6) is 0 Å². The largest absolute Gasteiger partial charge is 0.385 e. The zero-order chi connectivity index (χ0) is 17.6. The van der Waals surface area contributed by atoms with Gasteiger partial charge in [0.2, 0.25) is 0 Å². The predicted octanol–water partition coefficient (Wildman–Crippen LogP) is 4.26. The second-order valence-corrected chi connectivity index (χ2v) is 7.17. The molecule has 2 aromatic rings. The number of carbonyl (C=O) groups is 1. The number of amides is 1. The molecule has 1 aliphatic rings. The van der Waals surface area contributed by atoms with Crippen molar-refractivity contribution in [1.82, 2.24) is 9.88 Å². The highest BCUT2D eigenvalue weighted by atomic mass is 35.5. The molecule has 1 saturated heterocycles. The Kier molecular flexibility index (Phi) is 5.92. The van der Waals surface area contributed by atoms with Crippen LogP contribution in [-0.4, -0.2) is 35.4 Å². The summed E-state index contributed by atoms with van der Waals surface area (Å²) in [6.45, 7) is 4.63. The summed E-state index contributed by atoms with van der Waals surface area (Å²) in [5, 5.41) is 4.12. The molecule has 3 rings (SSSR count). The van der Waals surface area contributed by atoms with E-state index in [1.165, 1.54) is 12.0 Å². The van der Waals surface area contributed by atoms with Gasteiger partial charge in [-0.15, -0.1) is 0 Å². The van der Waals surface area contributed by atoms with E-state index in [0.717, 1.165) is 43.2 Å². The second-order valence-electron chi connectivity index (χ2n) is 6.74. The second kappa shape index (κ2) is 8.34. The zero-order valence-corrected chi connectivity index (χ0v) is 15.3. The van der Waals surface area contributed by atoms with Gasteiger partial charge in [-0.05, 0) is 55.0 Å². The van der Waals surface area contributed by atoms with Gasteiger partial charge in [0.1, 0.15) is 5.69 Å². The van der Waals surface area contributed by atoms with E-state index in [4.69, 9.17) is 11.6 Å². The molecule has 25 heavy (non-hydrogen) atoms. The lowest BCUT2D eigenvalue weighted by atomic mass is 10.00. The molecule has 1 aromatic carbocycles. The fourth-order valence-corrected chi connectivity index (χ4v) is 3.45. The molecular weight excluding hydrogens is 334 g/mol. The van der Waals surface area contributed by atoms with Crippen LogP contribution < -0.4 is 5.32 Å². The van der Waals surface area contributed by atoms with Crippen molar-refractivity contribution in [1.29, 1.82) is 0 Å². The number of nitrogens with one attached hydrogen (secondary N) is 1. The lowest BCUT2D eigenvalue weighted by Crippen LogP contribution is -2.39. The third-order valence-corrected chi connectivity index (χ3v) is 4.79. The monoisotopic (exact) mass is 357 g/mol. The summed E-state index contributed by atoms with van der Waals surface area (Å²) in [5.74, 6) is 0.599. The third kappa shape index (κ3) is 4.95. The van der Waals surface area contributed by atoms with Crippen LogP contribution in [0.25, 0.3) is 0 Å². The number of pyridine rings is 1. The standard InChI is InChI=1S/C20H24ClN3O/c1-15-4-3-11-24(14-15)20(25)19-13-18(8-10-23-19)22-9-7-16-5-2-6-17(21)12-16/h2,5-6,8,10,12-13,15H,3-4,7,9,11,14H2,1H3,(H,22,23). The van der Waals surface area contributed by atoms with E-state index in [0.29, 0.717) is 11.6 Å². The average Bonchev–Trinajstić information content (AvgIpc) is 2.61. The molecule has 1 aromatic heterocycles. The molecule has 1 unspecified atom stereocenters. The topological polar surface area (TPSA) is 45.2 Å². The maximum absolute atomic E-state index is 12.7. The molecule has 4 nitrogen and oxygen atoms in total. The van der Waals surface area contributed by atoms with Gasteiger partial charge in [-0.2, -0.15) is 0 Å². The van der Waals surface area contributed by atoms with Crippen LogP contribution in [0.3, 0.4) is 0 Å². The molecule has 0 spiro atoms. The van der Waals surface area contributed by atoms with Crippen molar-refractivity contribution < 1.29 is 4.79 Å². The number of likely N-dealkylation sites (tertiary alicyclic amines) is 1. The van der Waals surface area contributed by atoms with Crippen LogP contribution in [0.1, 0.15) is 35.8 Å². The lowest BCUT2D eigenvalue weighted by molar-refractivity contribution is 0.0677. The van der Waals surface area contributed by atoms with E-state index in [-0.39, 0.29) is 5.91 Å². The molecule has 0 bridgehead atoms. The maximum atomic E-state index is 12.7. The van der Waals surface area contributed by atoms with Crippen molar-refractivity contribution in [3.8, 4) is 0 Å². The first-order valence-corrected chi connectivity index (χ1v) is 9.23. The van der Waals surface area contributed by atoms with Gasteiger partial charge in [0.05, 0.1) is 0 Å². The van der Waals surface area contributed by atoms with E-state index in [1.807, 2.05) is 35.2 Å². The number of anilines is 1. The van der Waals surface area contributed by atoms with Crippen LogP contribution in [0.15, 0.2) is 42.6 Å². The van der Waals surface area contributed by atoms with E-state index in [9.17, 15) is 4.79 Å². The maximum Gasteiger partial charge on any atom is 0.272 e. The quantitative estimate of drug-likeness (QED) is 0.869. The van der Waals surface area contributed by atoms with Crippen molar-refractivity contribution in [2.75, 3.05) is 25.0 Å². The number of nitrogens with zero attached hydrogens (tertiary/aromatic N) is 2. The Labute approximate surface area is 154 Å². The summed E-state index contributed by atoms with van der Waals surface area (Å²) in [6.07, 6.45) is 4.84. The molecule has 0 saturated carbocycles. The van der Waals surface area contributed by atoms with Gasteiger partial charge in [0, 0.05) is 36.5 Å². The van der Waals surface area contributed by atoms with Crippen molar-refractivity contribution >= 4 is 23.2 Å². The number of aromatic nitrogens is 1. The molecule has 1 fully saturated rings. The minimum Gasteiger partial charge on any atom is -0.385 e. The van der Waals surface area contributed by atoms with E-state index in [1.54, 1.807) is 6.20 Å². The van der Waals surface area contributed by atoms with Crippen molar-refractivity contribution in [2.24, 2.45) is 5.92 Å². The summed E-state index contributed by atoms with van der Waals surface area (Å²) < 4.78 is 0. The number of hydrogen-bond donors (Lipinski definition) is 1. The number of benzene rings is 1. The van der Waals surface area contributed by atoms with Crippen molar-refractivity contribution in [3.05, 3.63) is 58.9 Å². The molecule has 1 N–H and O–H groups in total. The van der Waals surface area contributed by atoms with Crippen LogP contribution in [0, 0.1) is 5.92 Å². The minimum absolute atomic E-state index is 0.0324. The van der Waals surface area contributed by atoms with Crippen molar-refractivity contribution in [2.45, 2.75) is 26.2 Å². The van der Waals surface area contributed by atoms with Gasteiger partial charge in [0.25, 0.3) is 5.91 Å². The van der Waals surface area contributed by atoms with E-state index < -0.39 is 0 Å². The molecule has 1 atom stereocenters. The first-order valence-electron chi connectivity index (χ1n) is 8.85. The predicted molar refractivity (Wildman–Crippen MR) is 102 cm³/mol. The van der Waals surface area contributed by atoms with Crippen LogP contribution in [0.4, 0.5) is 5.69 Å². The summed E-state index contributed by atoms with van der Waals surface area (Å²) in [6, 6.07) is 11.6. The third-order valence-electron chi connectivity index (χ3n) is 4.56. The van der Waals surface area contributed by atoms with Gasteiger partial charge in [0.15, 0.2) is 0 Å². The molecular formula is C20H24ClN3O. The number of rotatable bonds is 5. The minimum atomic E-state index is 0.0324. The van der Waals surface area contributed by atoms with Gasteiger partial charge < -0.3 is 10.2 Å². The Morgan fingerprint density at radius 3 is 3.04 bits per heavy atom. The molecule has 0 aliphatic carbocycles. The highest BCUT2D eigenvalue weighted by Crippen LogP contribution is 2.18. The fraction of sp³-hybridized carbons (Fsp3) is 0.400. The molecule has 2 heterocycles. The molecule has 5 heteroatoms. The molecule has 1 amide bonds. The Bertz CT molecular complexity index is 734. The Morgan fingerprint density at radius 2 is 2.24 bits per heavy atom. The Balaban J connectivity index is 1.58. The fourth-order valence-electron chi connectivity index (χ4n) is 3.24. The Hall–Kier alpha value is -2.07. The van der Waals surface area contributed by atoms with E-state index >= 15 is 0 Å². The van der Waals surface area contributed by atoms with Gasteiger partial charge in [-0.25, -0.2) is 0 Å². The smallest absolute Gasteiger partial charge is 0.272 e. The molecule has 132 valence electrons. The SMILES string of the molecule is CC1CCCN(C(=O)c2cc(NCCc3cccc(Cl)c3)ccn2)C1. The van der Waals surface area contributed by atoms with Crippen molar-refractivity contribution in [3.63, 3.8) is 0 Å². The zero-order valence-electron chi connectivity index (χ0n) is 14.5. The number of carbonyl (C=O) groups excluding carboxylic acids is 1. The first kappa shape index (κ1) is 17.7. The van der Waals surface area contributed by atoms with Crippen LogP contribution in [-0.2, 0) is 6.42 Å². The summed E-state index contributed by atoms with van der Waals surface area (Å²) >= 11 is 6.01. The first-order chi connectivity index (χ1) is 12.1. The number of hydrogen-bond acceptors (Lipinski definition) is 3. The molecule has 1 aliphatic heterocycles. The number of halogens is 1. The van der Waals surface area contributed by atoms with Gasteiger partial charge in [-0.3, -0.25) is 9.78 Å². The summed E-state index contributed by atoms with van der Waals surface area (Å²) in [5.41, 5.74) is 2.62. The van der Waals surface area contributed by atoms with Crippen LogP contribution >= 0.6 is 11.6 Å².